The summed E-state index contributed by atoms with van der Waals surface area (Å²) in [6.07, 6.45) is -0.519. The summed E-state index contributed by atoms with van der Waals surface area (Å²) in [6, 6.07) is 5.64. The van der Waals surface area contributed by atoms with Gasteiger partial charge in [-0.2, -0.15) is 0 Å². The Labute approximate surface area is 110 Å². The lowest BCUT2D eigenvalue weighted by Gasteiger charge is -2.23. The number of hydrogen-bond donors (Lipinski definition) is 2. The molecule has 0 heterocycles. The van der Waals surface area contributed by atoms with Crippen LogP contribution in [0, 0.1) is 0 Å². The van der Waals surface area contributed by atoms with Gasteiger partial charge in [-0.15, -0.1) is 0 Å². The number of likely N-dealkylation sites (N-methyl/N-ethyl adjacent to an activating group) is 1. The highest BCUT2D eigenvalue weighted by molar-refractivity contribution is 9.10. The van der Waals surface area contributed by atoms with Crippen molar-refractivity contribution >= 4 is 21.6 Å². The second-order valence-electron chi connectivity index (χ2n) is 3.93. The van der Waals surface area contributed by atoms with Gasteiger partial charge in [-0.3, -0.25) is 0 Å². The van der Waals surface area contributed by atoms with Gasteiger partial charge in [0.05, 0.1) is 25.0 Å². The smallest absolute Gasteiger partial charge is 0.0947 e. The minimum absolute atomic E-state index is 0.0227. The molecule has 1 aromatic carbocycles. The van der Waals surface area contributed by atoms with Gasteiger partial charge < -0.3 is 19.8 Å². The van der Waals surface area contributed by atoms with Crippen LogP contribution in [0.25, 0.3) is 0 Å². The largest absolute Gasteiger partial charge is 0.392 e. The van der Waals surface area contributed by atoms with Crippen LogP contribution in [0.5, 0.6) is 0 Å². The molecular formula is C12H18BrNO3. The van der Waals surface area contributed by atoms with Gasteiger partial charge in [0.2, 0.25) is 0 Å². The van der Waals surface area contributed by atoms with Crippen molar-refractivity contribution in [2.45, 2.75) is 12.7 Å². The molecule has 0 aliphatic carbocycles. The molecule has 17 heavy (non-hydrogen) atoms. The fourth-order valence-corrected chi connectivity index (χ4v) is 2.35. The molecule has 4 nitrogen and oxygen atoms in total. The van der Waals surface area contributed by atoms with E-state index < -0.39 is 6.10 Å². The third-order valence-electron chi connectivity index (χ3n) is 2.45. The standard InChI is InChI=1S/C12H18BrNO3/c1-14(6-10(16)8-17-2)12-4-3-9(7-15)5-11(12)13/h3-5,10,15-16H,6-8H2,1-2H3. The molecule has 0 saturated heterocycles. The van der Waals surface area contributed by atoms with Crippen LogP contribution in [0.4, 0.5) is 5.69 Å². The first-order valence-corrected chi connectivity index (χ1v) is 6.15. The first kappa shape index (κ1) is 14.4. The van der Waals surface area contributed by atoms with Crippen molar-refractivity contribution in [1.29, 1.82) is 0 Å². The van der Waals surface area contributed by atoms with E-state index in [2.05, 4.69) is 15.9 Å². The molecule has 0 spiro atoms. The molecule has 0 radical (unpaired) electrons. The molecule has 0 aliphatic heterocycles. The molecule has 5 heteroatoms. The number of rotatable bonds is 6. The second-order valence-corrected chi connectivity index (χ2v) is 4.79. The Balaban J connectivity index is 2.71. The lowest BCUT2D eigenvalue weighted by Crippen LogP contribution is -2.32. The van der Waals surface area contributed by atoms with Gasteiger partial charge in [0, 0.05) is 25.2 Å². The predicted octanol–water partition coefficient (Wildman–Crippen LogP) is 1.38. The number of ether oxygens (including phenoxy) is 1. The van der Waals surface area contributed by atoms with Crippen LogP contribution in [0.15, 0.2) is 22.7 Å². The Morgan fingerprint density at radius 1 is 1.47 bits per heavy atom. The first-order valence-electron chi connectivity index (χ1n) is 5.36. The maximum atomic E-state index is 9.65. The molecular weight excluding hydrogens is 286 g/mol. The predicted molar refractivity (Wildman–Crippen MR) is 71.2 cm³/mol. The number of hydrogen-bond acceptors (Lipinski definition) is 4. The molecule has 0 amide bonds. The van der Waals surface area contributed by atoms with Crippen LogP contribution >= 0.6 is 15.9 Å². The van der Waals surface area contributed by atoms with Crippen molar-refractivity contribution in [2.24, 2.45) is 0 Å². The molecule has 1 atom stereocenters. The summed E-state index contributed by atoms with van der Waals surface area (Å²) in [5.41, 5.74) is 1.82. The van der Waals surface area contributed by atoms with Crippen LogP contribution in [0.1, 0.15) is 5.56 Å². The minimum atomic E-state index is -0.519. The Morgan fingerprint density at radius 2 is 2.18 bits per heavy atom. The summed E-state index contributed by atoms with van der Waals surface area (Å²) in [5.74, 6) is 0. The van der Waals surface area contributed by atoms with E-state index in [4.69, 9.17) is 9.84 Å². The van der Waals surface area contributed by atoms with Gasteiger partial charge in [-0.25, -0.2) is 0 Å². The molecule has 2 N–H and O–H groups in total. The molecule has 0 aliphatic rings. The van der Waals surface area contributed by atoms with Crippen LogP contribution in [-0.2, 0) is 11.3 Å². The normalized spacial score (nSPS) is 12.5. The van der Waals surface area contributed by atoms with Crippen molar-refractivity contribution in [3.8, 4) is 0 Å². The molecule has 0 saturated carbocycles. The van der Waals surface area contributed by atoms with E-state index in [1.165, 1.54) is 0 Å². The lowest BCUT2D eigenvalue weighted by atomic mass is 10.2. The summed E-state index contributed by atoms with van der Waals surface area (Å²) in [7, 11) is 3.47. The molecule has 96 valence electrons. The van der Waals surface area contributed by atoms with Gasteiger partial charge in [0.1, 0.15) is 0 Å². The monoisotopic (exact) mass is 303 g/mol. The number of halogens is 1. The number of aliphatic hydroxyl groups excluding tert-OH is 2. The summed E-state index contributed by atoms with van der Waals surface area (Å²) in [6.45, 7) is 0.830. The van der Waals surface area contributed by atoms with E-state index in [0.29, 0.717) is 13.2 Å². The first-order chi connectivity index (χ1) is 8.08. The number of benzene rings is 1. The van der Waals surface area contributed by atoms with Crippen LogP contribution < -0.4 is 4.90 Å². The molecule has 0 bridgehead atoms. The van der Waals surface area contributed by atoms with E-state index >= 15 is 0 Å². The summed E-state index contributed by atoms with van der Waals surface area (Å²) >= 11 is 3.45. The third-order valence-corrected chi connectivity index (χ3v) is 3.08. The Hall–Kier alpha value is -0.620. The highest BCUT2D eigenvalue weighted by atomic mass is 79.9. The van der Waals surface area contributed by atoms with Gasteiger partial charge in [-0.05, 0) is 33.6 Å². The number of methoxy groups -OCH3 is 1. The summed E-state index contributed by atoms with van der Waals surface area (Å²) in [4.78, 5) is 1.94. The average molecular weight is 304 g/mol. The van der Waals surface area contributed by atoms with Gasteiger partial charge >= 0.3 is 0 Å². The topological polar surface area (TPSA) is 52.9 Å². The van der Waals surface area contributed by atoms with E-state index in [1.54, 1.807) is 7.11 Å². The zero-order chi connectivity index (χ0) is 12.8. The highest BCUT2D eigenvalue weighted by Crippen LogP contribution is 2.26. The number of anilines is 1. The number of aliphatic hydroxyl groups is 2. The lowest BCUT2D eigenvalue weighted by molar-refractivity contribution is 0.0695. The van der Waals surface area contributed by atoms with E-state index in [-0.39, 0.29) is 6.61 Å². The van der Waals surface area contributed by atoms with E-state index in [0.717, 1.165) is 15.7 Å². The molecule has 1 aromatic rings. The summed E-state index contributed by atoms with van der Waals surface area (Å²) in [5, 5.41) is 18.7. The Morgan fingerprint density at radius 3 is 2.71 bits per heavy atom. The minimum Gasteiger partial charge on any atom is -0.392 e. The molecule has 1 unspecified atom stereocenters. The maximum Gasteiger partial charge on any atom is 0.0947 e. The Kier molecular flexibility index (Phi) is 5.91. The number of nitrogens with zero attached hydrogens (tertiary/aromatic N) is 1. The molecule has 0 fully saturated rings. The van der Waals surface area contributed by atoms with Crippen molar-refractivity contribution in [1.82, 2.24) is 0 Å². The van der Waals surface area contributed by atoms with Crippen LogP contribution in [0.3, 0.4) is 0 Å². The average Bonchev–Trinajstić information content (AvgIpc) is 2.28. The summed E-state index contributed by atoms with van der Waals surface area (Å²) < 4.78 is 5.78. The second kappa shape index (κ2) is 6.96. The van der Waals surface area contributed by atoms with Crippen LogP contribution in [-0.4, -0.2) is 43.6 Å². The SMILES string of the molecule is COCC(O)CN(C)c1ccc(CO)cc1Br. The van der Waals surface area contributed by atoms with Crippen molar-refractivity contribution < 1.29 is 14.9 Å². The Bertz CT molecular complexity index is 360. The molecule has 1 rings (SSSR count). The van der Waals surface area contributed by atoms with E-state index in [9.17, 15) is 5.11 Å². The zero-order valence-electron chi connectivity index (χ0n) is 10.1. The third kappa shape index (κ3) is 4.27. The van der Waals surface area contributed by atoms with E-state index in [1.807, 2.05) is 30.1 Å². The van der Waals surface area contributed by atoms with Gasteiger partial charge in [0.15, 0.2) is 0 Å². The fourth-order valence-electron chi connectivity index (χ4n) is 1.62. The zero-order valence-corrected chi connectivity index (χ0v) is 11.6. The van der Waals surface area contributed by atoms with Gasteiger partial charge in [-0.1, -0.05) is 6.07 Å². The quantitative estimate of drug-likeness (QED) is 0.834. The van der Waals surface area contributed by atoms with Gasteiger partial charge in [0.25, 0.3) is 0 Å². The highest BCUT2D eigenvalue weighted by Gasteiger charge is 2.11. The molecule has 0 aromatic heterocycles. The van der Waals surface area contributed by atoms with Crippen LogP contribution in [0.2, 0.25) is 0 Å². The fraction of sp³-hybridized carbons (Fsp3) is 0.500. The van der Waals surface area contributed by atoms with Crippen molar-refractivity contribution in [3.63, 3.8) is 0 Å². The van der Waals surface area contributed by atoms with Crippen molar-refractivity contribution in [2.75, 3.05) is 32.2 Å². The maximum absolute atomic E-state index is 9.65. The van der Waals surface area contributed by atoms with Crippen molar-refractivity contribution in [3.05, 3.63) is 28.2 Å².